The Morgan fingerprint density at radius 3 is 2.36 bits per heavy atom. The number of thiocarbonyl (C=S) groups is 1. The van der Waals surface area contributed by atoms with E-state index in [0.717, 1.165) is 5.56 Å². The Hall–Kier alpha value is -2.13. The second-order valence-electron chi connectivity index (χ2n) is 6.02. The van der Waals surface area contributed by atoms with Crippen LogP contribution in [0.2, 0.25) is 10.0 Å². The maximum Gasteiger partial charge on any atom is 0.259 e. The third kappa shape index (κ3) is 3.47. The van der Waals surface area contributed by atoms with Crippen molar-refractivity contribution in [3.8, 4) is 6.07 Å². The fourth-order valence-corrected chi connectivity index (χ4v) is 3.74. The van der Waals surface area contributed by atoms with Crippen LogP contribution in [0, 0.1) is 11.3 Å². The molecular weight excluding hydrogens is 377 g/mol. The number of anilines is 1. The first-order chi connectivity index (χ1) is 11.8. The van der Waals surface area contributed by atoms with Crippen molar-refractivity contribution in [1.82, 2.24) is 5.32 Å². The van der Waals surface area contributed by atoms with Gasteiger partial charge in [-0.3, -0.25) is 9.69 Å². The van der Waals surface area contributed by atoms with E-state index in [9.17, 15) is 4.79 Å². The topological polar surface area (TPSA) is 56.1 Å². The summed E-state index contributed by atoms with van der Waals surface area (Å²) in [5.74, 6) is -0.180. The van der Waals surface area contributed by atoms with E-state index in [2.05, 4.69) is 11.4 Å². The first-order valence-corrected chi connectivity index (χ1v) is 8.61. The van der Waals surface area contributed by atoms with Crippen LogP contribution < -0.4 is 10.2 Å². The van der Waals surface area contributed by atoms with Crippen LogP contribution in [0.3, 0.4) is 0 Å². The molecule has 1 heterocycles. The SMILES string of the molecule is CC1(Cc2ccc(C#N)cc2)NC(=S)N(c2cc(Cl)cc(Cl)c2)C1=O. The van der Waals surface area contributed by atoms with E-state index in [0.29, 0.717) is 32.8 Å². The Kier molecular flexibility index (Phi) is 4.70. The van der Waals surface area contributed by atoms with Crippen molar-refractivity contribution in [1.29, 1.82) is 5.26 Å². The summed E-state index contributed by atoms with van der Waals surface area (Å²) in [6.07, 6.45) is 0.433. The van der Waals surface area contributed by atoms with Crippen molar-refractivity contribution in [2.24, 2.45) is 0 Å². The molecule has 1 unspecified atom stereocenters. The molecular formula is C18H13Cl2N3OS. The quantitative estimate of drug-likeness (QED) is 0.803. The van der Waals surface area contributed by atoms with Crippen molar-refractivity contribution >= 4 is 52.1 Å². The lowest BCUT2D eigenvalue weighted by atomic mass is 9.92. The molecule has 1 fully saturated rings. The second kappa shape index (κ2) is 6.64. The summed E-state index contributed by atoms with van der Waals surface area (Å²) in [6.45, 7) is 1.80. The van der Waals surface area contributed by atoms with Gasteiger partial charge in [-0.15, -0.1) is 0 Å². The molecule has 1 amide bonds. The van der Waals surface area contributed by atoms with Gasteiger partial charge in [0.1, 0.15) is 5.54 Å². The van der Waals surface area contributed by atoms with Crippen molar-refractivity contribution in [2.45, 2.75) is 18.9 Å². The van der Waals surface area contributed by atoms with Gasteiger partial charge in [-0.05, 0) is 55.0 Å². The van der Waals surface area contributed by atoms with Gasteiger partial charge in [0.05, 0.1) is 17.3 Å². The zero-order valence-electron chi connectivity index (χ0n) is 13.2. The van der Waals surface area contributed by atoms with Gasteiger partial charge in [-0.1, -0.05) is 35.3 Å². The first-order valence-electron chi connectivity index (χ1n) is 7.44. The fourth-order valence-electron chi connectivity index (χ4n) is 2.81. The van der Waals surface area contributed by atoms with Gasteiger partial charge < -0.3 is 5.32 Å². The Labute approximate surface area is 161 Å². The number of nitrogens with one attached hydrogen (secondary N) is 1. The monoisotopic (exact) mass is 389 g/mol. The van der Waals surface area contributed by atoms with Gasteiger partial charge in [-0.2, -0.15) is 5.26 Å². The Morgan fingerprint density at radius 2 is 1.80 bits per heavy atom. The summed E-state index contributed by atoms with van der Waals surface area (Å²) >= 11 is 17.4. The highest BCUT2D eigenvalue weighted by atomic mass is 35.5. The third-order valence-electron chi connectivity index (χ3n) is 4.01. The van der Waals surface area contributed by atoms with Gasteiger partial charge in [-0.25, -0.2) is 0 Å². The predicted molar refractivity (Wildman–Crippen MR) is 103 cm³/mol. The van der Waals surface area contributed by atoms with Crippen LogP contribution in [0.25, 0.3) is 0 Å². The normalized spacial score (nSPS) is 19.7. The number of benzene rings is 2. The van der Waals surface area contributed by atoms with Crippen LogP contribution in [0.5, 0.6) is 0 Å². The third-order valence-corrected chi connectivity index (χ3v) is 4.73. The van der Waals surface area contributed by atoms with E-state index >= 15 is 0 Å². The van der Waals surface area contributed by atoms with Gasteiger partial charge in [0.2, 0.25) is 0 Å². The molecule has 1 N–H and O–H groups in total. The van der Waals surface area contributed by atoms with Crippen molar-refractivity contribution in [3.63, 3.8) is 0 Å². The van der Waals surface area contributed by atoms with E-state index < -0.39 is 5.54 Å². The minimum absolute atomic E-state index is 0.180. The van der Waals surface area contributed by atoms with Crippen molar-refractivity contribution < 1.29 is 4.79 Å². The molecule has 0 aromatic heterocycles. The van der Waals surface area contributed by atoms with E-state index in [1.807, 2.05) is 12.1 Å². The molecule has 1 aliphatic heterocycles. The number of rotatable bonds is 3. The molecule has 0 saturated carbocycles. The summed E-state index contributed by atoms with van der Waals surface area (Å²) in [6, 6.07) is 14.1. The van der Waals surface area contributed by atoms with Crippen molar-refractivity contribution in [2.75, 3.05) is 4.90 Å². The summed E-state index contributed by atoms with van der Waals surface area (Å²) in [5, 5.41) is 13.1. The minimum Gasteiger partial charge on any atom is -0.348 e. The number of carbonyl (C=O) groups is 1. The molecule has 0 aliphatic carbocycles. The summed E-state index contributed by atoms with van der Waals surface area (Å²) in [4.78, 5) is 14.4. The number of carbonyl (C=O) groups excluding carboxylic acids is 1. The summed E-state index contributed by atoms with van der Waals surface area (Å²) in [5.41, 5.74) is 1.14. The van der Waals surface area contributed by atoms with Gasteiger partial charge in [0, 0.05) is 16.5 Å². The van der Waals surface area contributed by atoms with E-state index in [4.69, 9.17) is 40.7 Å². The maximum absolute atomic E-state index is 13.0. The highest BCUT2D eigenvalue weighted by Crippen LogP contribution is 2.31. The van der Waals surface area contributed by atoms with Gasteiger partial charge in [0.15, 0.2) is 5.11 Å². The molecule has 1 saturated heterocycles. The number of nitrogens with zero attached hydrogens (tertiary/aromatic N) is 2. The minimum atomic E-state index is -0.889. The molecule has 7 heteroatoms. The molecule has 0 spiro atoms. The van der Waals surface area contributed by atoms with Crippen LogP contribution in [0.1, 0.15) is 18.1 Å². The molecule has 0 bridgehead atoms. The number of amides is 1. The highest BCUT2D eigenvalue weighted by molar-refractivity contribution is 7.80. The zero-order valence-corrected chi connectivity index (χ0v) is 15.5. The van der Waals surface area contributed by atoms with Crippen LogP contribution in [-0.2, 0) is 11.2 Å². The molecule has 2 aromatic carbocycles. The molecule has 3 rings (SSSR count). The van der Waals surface area contributed by atoms with E-state index in [1.165, 1.54) is 4.90 Å². The second-order valence-corrected chi connectivity index (χ2v) is 7.28. The molecule has 1 aliphatic rings. The van der Waals surface area contributed by atoms with E-state index in [1.54, 1.807) is 37.3 Å². The lowest BCUT2D eigenvalue weighted by Gasteiger charge is -2.22. The number of hydrogen-bond acceptors (Lipinski definition) is 3. The molecule has 4 nitrogen and oxygen atoms in total. The van der Waals surface area contributed by atoms with Crippen LogP contribution in [0.15, 0.2) is 42.5 Å². The lowest BCUT2D eigenvalue weighted by molar-refractivity contribution is -0.121. The molecule has 126 valence electrons. The first kappa shape index (κ1) is 17.7. The van der Waals surface area contributed by atoms with Gasteiger partial charge >= 0.3 is 0 Å². The molecule has 1 atom stereocenters. The average Bonchev–Trinajstić information content (AvgIpc) is 2.76. The van der Waals surface area contributed by atoms with Crippen molar-refractivity contribution in [3.05, 3.63) is 63.6 Å². The molecule has 0 radical (unpaired) electrons. The van der Waals surface area contributed by atoms with E-state index in [-0.39, 0.29) is 5.91 Å². The Morgan fingerprint density at radius 1 is 1.20 bits per heavy atom. The van der Waals surface area contributed by atoms with Crippen LogP contribution in [0.4, 0.5) is 5.69 Å². The Bertz CT molecular complexity index is 887. The molecule has 25 heavy (non-hydrogen) atoms. The van der Waals surface area contributed by atoms with Crippen LogP contribution in [-0.4, -0.2) is 16.6 Å². The fraction of sp³-hybridized carbons (Fsp3) is 0.167. The summed E-state index contributed by atoms with van der Waals surface area (Å²) < 4.78 is 0. The maximum atomic E-state index is 13.0. The molecule has 2 aromatic rings. The highest BCUT2D eigenvalue weighted by Gasteiger charge is 2.46. The standard InChI is InChI=1S/C18H13Cl2N3OS/c1-18(9-11-2-4-12(10-21)5-3-11)16(24)23(17(25)22-18)15-7-13(19)6-14(20)8-15/h2-8H,9H2,1H3,(H,22,25). The number of halogens is 2. The summed E-state index contributed by atoms with van der Waals surface area (Å²) in [7, 11) is 0. The Balaban J connectivity index is 1.90. The number of nitriles is 1. The predicted octanol–water partition coefficient (Wildman–Crippen LogP) is 4.09. The average molecular weight is 390 g/mol. The largest absolute Gasteiger partial charge is 0.348 e. The number of hydrogen-bond donors (Lipinski definition) is 1. The lowest BCUT2D eigenvalue weighted by Crippen LogP contribution is -2.46. The smallest absolute Gasteiger partial charge is 0.259 e. The van der Waals surface area contributed by atoms with Crippen LogP contribution >= 0.6 is 35.4 Å². The zero-order chi connectivity index (χ0) is 18.2. The van der Waals surface area contributed by atoms with Gasteiger partial charge in [0.25, 0.3) is 5.91 Å².